The molecule has 2 heterocycles. The SMILES string of the molecule is COc1cc(C(F)=Cc2ccc(F)c(C3(C)CS(=O)(=O)N(C)C(N)=N3)c2)ncc1Cl. The lowest BCUT2D eigenvalue weighted by atomic mass is 9.92. The van der Waals surface area contributed by atoms with E-state index in [0.29, 0.717) is 0 Å². The second-order valence-corrected chi connectivity index (χ2v) is 9.31. The van der Waals surface area contributed by atoms with Crippen LogP contribution in [-0.2, 0) is 15.6 Å². The van der Waals surface area contributed by atoms with E-state index in [0.717, 1.165) is 16.4 Å². The van der Waals surface area contributed by atoms with Gasteiger partial charge in [0.25, 0.3) is 0 Å². The summed E-state index contributed by atoms with van der Waals surface area (Å²) in [6, 6.07) is 5.13. The van der Waals surface area contributed by atoms with Gasteiger partial charge in [0, 0.05) is 18.7 Å². The molecule has 0 amide bonds. The van der Waals surface area contributed by atoms with Crippen molar-refractivity contribution in [3.63, 3.8) is 0 Å². The minimum absolute atomic E-state index is 0.0229. The second kappa shape index (κ2) is 7.84. The minimum atomic E-state index is -3.79. The fourth-order valence-corrected chi connectivity index (χ4v) is 4.69. The van der Waals surface area contributed by atoms with Crippen molar-refractivity contribution in [2.24, 2.45) is 10.7 Å². The Kier molecular flexibility index (Phi) is 5.74. The Bertz CT molecular complexity index is 1170. The van der Waals surface area contributed by atoms with Crippen molar-refractivity contribution in [2.45, 2.75) is 12.5 Å². The number of aliphatic imine (C=N–C) groups is 1. The normalized spacial score (nSPS) is 21.3. The summed E-state index contributed by atoms with van der Waals surface area (Å²) in [6.07, 6.45) is 2.39. The first-order valence-corrected chi connectivity index (χ1v) is 10.6. The number of aromatic nitrogens is 1. The molecule has 2 N–H and O–H groups in total. The highest BCUT2D eigenvalue weighted by molar-refractivity contribution is 7.89. The van der Waals surface area contributed by atoms with E-state index in [4.69, 9.17) is 22.1 Å². The highest BCUT2D eigenvalue weighted by atomic mass is 35.5. The topological polar surface area (TPSA) is 97.9 Å². The van der Waals surface area contributed by atoms with Crippen LogP contribution in [0.15, 0.2) is 35.5 Å². The van der Waals surface area contributed by atoms with Crippen LogP contribution >= 0.6 is 11.6 Å². The number of nitrogens with zero attached hydrogens (tertiary/aromatic N) is 3. The summed E-state index contributed by atoms with van der Waals surface area (Å²) < 4.78 is 60.0. The Morgan fingerprint density at radius 1 is 1.40 bits per heavy atom. The summed E-state index contributed by atoms with van der Waals surface area (Å²) in [5, 5.41) is 0.227. The fraction of sp³-hybridized carbons (Fsp3) is 0.263. The maximum Gasteiger partial charge on any atom is 0.239 e. The predicted octanol–water partition coefficient (Wildman–Crippen LogP) is 3.16. The van der Waals surface area contributed by atoms with Crippen molar-refractivity contribution in [2.75, 3.05) is 19.9 Å². The molecule has 0 fully saturated rings. The summed E-state index contributed by atoms with van der Waals surface area (Å²) >= 11 is 5.90. The zero-order valence-electron chi connectivity index (χ0n) is 16.4. The van der Waals surface area contributed by atoms with Crippen molar-refractivity contribution >= 4 is 39.5 Å². The first kappa shape index (κ1) is 22.0. The molecule has 1 aromatic heterocycles. The van der Waals surface area contributed by atoms with E-state index in [1.54, 1.807) is 0 Å². The van der Waals surface area contributed by atoms with Crippen LogP contribution in [0.1, 0.15) is 23.7 Å². The number of sulfonamides is 1. The molecule has 0 bridgehead atoms. The summed E-state index contributed by atoms with van der Waals surface area (Å²) in [6.45, 7) is 1.46. The van der Waals surface area contributed by atoms with E-state index >= 15 is 0 Å². The van der Waals surface area contributed by atoms with Crippen molar-refractivity contribution in [1.82, 2.24) is 9.29 Å². The molecule has 0 spiro atoms. The fourth-order valence-electron chi connectivity index (χ4n) is 3.06. The zero-order valence-corrected chi connectivity index (χ0v) is 17.9. The third-order valence-corrected chi connectivity index (χ3v) is 6.95. The summed E-state index contributed by atoms with van der Waals surface area (Å²) in [5.74, 6) is -1.89. The Hall–Kier alpha value is -2.72. The zero-order chi connectivity index (χ0) is 22.3. The largest absolute Gasteiger partial charge is 0.495 e. The number of rotatable bonds is 4. The van der Waals surface area contributed by atoms with Crippen molar-refractivity contribution in [3.8, 4) is 5.75 Å². The molecular weight excluding hydrogens is 438 g/mol. The lowest BCUT2D eigenvalue weighted by Gasteiger charge is -2.34. The maximum atomic E-state index is 14.7. The molecule has 0 aliphatic carbocycles. The molecule has 2 aromatic rings. The van der Waals surface area contributed by atoms with Gasteiger partial charge in [-0.3, -0.25) is 4.98 Å². The van der Waals surface area contributed by atoms with Crippen LogP contribution in [-0.4, -0.2) is 43.6 Å². The van der Waals surface area contributed by atoms with Crippen LogP contribution in [0.25, 0.3) is 11.9 Å². The molecular formula is C19H19ClF2N4O3S. The molecule has 1 aliphatic heterocycles. The molecule has 0 saturated carbocycles. The van der Waals surface area contributed by atoms with Gasteiger partial charge in [-0.05, 0) is 30.7 Å². The second-order valence-electron chi connectivity index (χ2n) is 6.90. The van der Waals surface area contributed by atoms with Crippen LogP contribution in [0.4, 0.5) is 8.78 Å². The van der Waals surface area contributed by atoms with Crippen LogP contribution in [0.5, 0.6) is 5.75 Å². The number of pyridine rings is 1. The van der Waals surface area contributed by atoms with E-state index in [1.165, 1.54) is 45.5 Å². The van der Waals surface area contributed by atoms with Crippen molar-refractivity contribution in [1.29, 1.82) is 0 Å². The van der Waals surface area contributed by atoms with E-state index in [9.17, 15) is 17.2 Å². The van der Waals surface area contributed by atoms with Gasteiger partial charge in [0.05, 0.1) is 19.1 Å². The predicted molar refractivity (Wildman–Crippen MR) is 112 cm³/mol. The Balaban J connectivity index is 2.05. The van der Waals surface area contributed by atoms with Crippen LogP contribution in [0.2, 0.25) is 5.02 Å². The minimum Gasteiger partial charge on any atom is -0.495 e. The quantitative estimate of drug-likeness (QED) is 0.762. The third-order valence-electron chi connectivity index (χ3n) is 4.71. The lowest BCUT2D eigenvalue weighted by Crippen LogP contribution is -2.50. The molecule has 1 atom stereocenters. The molecule has 160 valence electrons. The van der Waals surface area contributed by atoms with E-state index in [-0.39, 0.29) is 33.6 Å². The number of guanidine groups is 1. The van der Waals surface area contributed by atoms with Gasteiger partial charge in [-0.1, -0.05) is 17.7 Å². The molecule has 3 rings (SSSR count). The smallest absolute Gasteiger partial charge is 0.239 e. The number of ether oxygens (including phenoxy) is 1. The molecule has 7 nitrogen and oxygen atoms in total. The summed E-state index contributed by atoms with van der Waals surface area (Å²) in [7, 11) is -1.13. The molecule has 0 radical (unpaired) electrons. The Labute approximate surface area is 177 Å². The number of hydrogen-bond donors (Lipinski definition) is 1. The van der Waals surface area contributed by atoms with Gasteiger partial charge in [0.1, 0.15) is 33.6 Å². The van der Waals surface area contributed by atoms with E-state index < -0.39 is 33.0 Å². The summed E-state index contributed by atoms with van der Waals surface area (Å²) in [5.41, 5.74) is 4.48. The van der Waals surface area contributed by atoms with Gasteiger partial charge in [-0.2, -0.15) is 0 Å². The molecule has 0 saturated heterocycles. The number of nitrogens with two attached hydrogens (primary N) is 1. The van der Waals surface area contributed by atoms with Crippen LogP contribution in [0.3, 0.4) is 0 Å². The highest BCUT2D eigenvalue weighted by Gasteiger charge is 2.41. The first-order chi connectivity index (χ1) is 14.0. The van der Waals surface area contributed by atoms with Crippen LogP contribution in [0, 0.1) is 5.82 Å². The maximum absolute atomic E-state index is 14.7. The number of methoxy groups -OCH3 is 1. The number of benzene rings is 1. The standard InChI is InChI=1S/C19H19ClF2N4O3S/c1-19(10-30(27,28)26(2)18(23)25-19)12-6-11(4-5-14(12)21)7-15(22)16-8-17(29-3)13(20)9-24-16/h4-9H,10H2,1-3H3,(H2,23,25). The average molecular weight is 457 g/mol. The lowest BCUT2D eigenvalue weighted by molar-refractivity contribution is 0.414. The summed E-state index contributed by atoms with van der Waals surface area (Å²) in [4.78, 5) is 8.09. The van der Waals surface area contributed by atoms with Gasteiger partial charge < -0.3 is 10.5 Å². The van der Waals surface area contributed by atoms with Gasteiger partial charge in [0.2, 0.25) is 16.0 Å². The van der Waals surface area contributed by atoms with Gasteiger partial charge in [0.15, 0.2) is 0 Å². The molecule has 1 aromatic carbocycles. The monoisotopic (exact) mass is 456 g/mol. The number of halogens is 3. The van der Waals surface area contributed by atoms with Gasteiger partial charge in [-0.25, -0.2) is 26.5 Å². The van der Waals surface area contributed by atoms with Crippen molar-refractivity contribution in [3.05, 3.63) is 58.1 Å². The highest BCUT2D eigenvalue weighted by Crippen LogP contribution is 2.35. The van der Waals surface area contributed by atoms with E-state index in [2.05, 4.69) is 9.98 Å². The molecule has 11 heteroatoms. The van der Waals surface area contributed by atoms with Crippen molar-refractivity contribution < 1.29 is 21.9 Å². The van der Waals surface area contributed by atoms with E-state index in [1.807, 2.05) is 0 Å². The molecule has 1 aliphatic rings. The first-order valence-electron chi connectivity index (χ1n) is 8.66. The van der Waals surface area contributed by atoms with Gasteiger partial charge >= 0.3 is 0 Å². The van der Waals surface area contributed by atoms with Gasteiger partial charge in [-0.15, -0.1) is 0 Å². The van der Waals surface area contributed by atoms with Crippen LogP contribution < -0.4 is 10.5 Å². The Morgan fingerprint density at radius 3 is 2.73 bits per heavy atom. The Morgan fingerprint density at radius 2 is 2.10 bits per heavy atom. The molecule has 30 heavy (non-hydrogen) atoms. The molecule has 1 unspecified atom stereocenters. The third kappa shape index (κ3) is 4.10. The average Bonchev–Trinajstić information content (AvgIpc) is 2.67. The number of hydrogen-bond acceptors (Lipinski definition) is 6.